The molecule has 0 amide bonds. The highest BCUT2D eigenvalue weighted by Crippen LogP contribution is 2.24. The molecule has 0 fully saturated rings. The maximum absolute atomic E-state index is 12.2. The van der Waals surface area contributed by atoms with Crippen molar-refractivity contribution in [3.63, 3.8) is 0 Å². The highest BCUT2D eigenvalue weighted by Gasteiger charge is 2.22. The van der Waals surface area contributed by atoms with Crippen LogP contribution in [0.4, 0.5) is 0 Å². The van der Waals surface area contributed by atoms with Crippen LogP contribution in [-0.2, 0) is 11.0 Å². The van der Waals surface area contributed by atoms with Crippen LogP contribution in [0.25, 0.3) is 10.8 Å². The molecule has 0 saturated carbocycles. The fourth-order valence-electron chi connectivity index (χ4n) is 1.92. The van der Waals surface area contributed by atoms with Gasteiger partial charge in [-0.3, -0.25) is 4.98 Å². The second-order valence-corrected chi connectivity index (χ2v) is 7.66. The minimum atomic E-state index is -1.08. The topological polar surface area (TPSA) is 42.0 Å². The molecule has 0 aliphatic rings. The number of hydrogen-bond acceptors (Lipinski definition) is 2. The van der Waals surface area contributed by atoms with Gasteiger partial charge in [0.25, 0.3) is 0 Å². The Balaban J connectivity index is 2.32. The van der Waals surface area contributed by atoms with Crippen molar-refractivity contribution in [1.82, 2.24) is 9.71 Å². The minimum absolute atomic E-state index is 0.0213. The van der Waals surface area contributed by atoms with Gasteiger partial charge in [0.2, 0.25) is 0 Å². The van der Waals surface area contributed by atoms with E-state index in [9.17, 15) is 4.21 Å². The van der Waals surface area contributed by atoms with Crippen LogP contribution in [0, 0.1) is 0 Å². The van der Waals surface area contributed by atoms with E-state index in [1.807, 2.05) is 46.0 Å². The second-order valence-electron chi connectivity index (χ2n) is 5.66. The number of nitrogens with one attached hydrogen (secondary N) is 1. The molecule has 0 spiro atoms. The predicted octanol–water partition coefficient (Wildman–Crippen LogP) is 3.35. The van der Waals surface area contributed by atoms with Crippen LogP contribution in [0.1, 0.15) is 39.3 Å². The smallest absolute Gasteiger partial charge is 0.0975 e. The zero-order chi connectivity index (χ0) is 14.0. The van der Waals surface area contributed by atoms with Crippen LogP contribution < -0.4 is 4.72 Å². The van der Waals surface area contributed by atoms with Crippen LogP contribution in [0.2, 0.25) is 0 Å². The Kier molecular flexibility index (Phi) is 4.02. The van der Waals surface area contributed by atoms with E-state index in [1.165, 1.54) is 0 Å². The van der Waals surface area contributed by atoms with Gasteiger partial charge in [0.1, 0.15) is 0 Å². The predicted molar refractivity (Wildman–Crippen MR) is 81.2 cm³/mol. The molecule has 1 N–H and O–H groups in total. The Labute approximate surface area is 117 Å². The van der Waals surface area contributed by atoms with Crippen LogP contribution in [-0.4, -0.2) is 13.9 Å². The van der Waals surface area contributed by atoms with E-state index >= 15 is 0 Å². The summed E-state index contributed by atoms with van der Waals surface area (Å²) in [7, 11) is -1.08. The fourth-order valence-corrected chi connectivity index (χ4v) is 2.72. The molecule has 4 heteroatoms. The maximum atomic E-state index is 12.2. The van der Waals surface area contributed by atoms with Gasteiger partial charge in [-0.25, -0.2) is 8.93 Å². The molecule has 3 nitrogen and oxygen atoms in total. The monoisotopic (exact) mass is 276 g/mol. The molecule has 1 aromatic heterocycles. The summed E-state index contributed by atoms with van der Waals surface area (Å²) in [6.45, 7) is 7.93. The van der Waals surface area contributed by atoms with Gasteiger partial charge < -0.3 is 0 Å². The Hall–Kier alpha value is -1.26. The lowest BCUT2D eigenvalue weighted by molar-refractivity contribution is 0.617. The number of fused-ring (bicyclic) bond motifs is 1. The molecule has 0 bridgehead atoms. The first-order valence-corrected chi connectivity index (χ1v) is 7.55. The Morgan fingerprint density at radius 3 is 2.68 bits per heavy atom. The highest BCUT2D eigenvalue weighted by atomic mass is 32.2. The van der Waals surface area contributed by atoms with Crippen molar-refractivity contribution in [1.29, 1.82) is 0 Å². The van der Waals surface area contributed by atoms with E-state index in [1.54, 1.807) is 6.20 Å². The number of pyridine rings is 1. The largest absolute Gasteiger partial charge is 0.264 e. The van der Waals surface area contributed by atoms with E-state index < -0.39 is 11.0 Å². The summed E-state index contributed by atoms with van der Waals surface area (Å²) >= 11 is 0. The molecule has 0 saturated heterocycles. The maximum Gasteiger partial charge on any atom is 0.0975 e. The SMILES string of the molecule is C[C@@H](NS(=O)C(C)(C)C)c1cccc2ccncc12. The molecule has 1 heterocycles. The molecule has 2 rings (SSSR count). The second kappa shape index (κ2) is 5.39. The molecule has 0 radical (unpaired) electrons. The van der Waals surface area contributed by atoms with Gasteiger partial charge in [0.05, 0.1) is 15.7 Å². The lowest BCUT2D eigenvalue weighted by Crippen LogP contribution is -2.34. The first-order valence-electron chi connectivity index (χ1n) is 6.40. The van der Waals surface area contributed by atoms with Crippen LogP contribution in [0.15, 0.2) is 36.7 Å². The van der Waals surface area contributed by atoms with Crippen LogP contribution in [0.3, 0.4) is 0 Å². The van der Waals surface area contributed by atoms with Crippen molar-refractivity contribution in [3.8, 4) is 0 Å². The summed E-state index contributed by atoms with van der Waals surface area (Å²) in [5.74, 6) is 0. The van der Waals surface area contributed by atoms with Crippen molar-refractivity contribution in [2.45, 2.75) is 38.5 Å². The Morgan fingerprint density at radius 2 is 2.00 bits per heavy atom. The van der Waals surface area contributed by atoms with Crippen LogP contribution >= 0.6 is 0 Å². The van der Waals surface area contributed by atoms with Crippen molar-refractivity contribution >= 4 is 21.8 Å². The van der Waals surface area contributed by atoms with Crippen LogP contribution in [0.5, 0.6) is 0 Å². The van der Waals surface area contributed by atoms with E-state index in [2.05, 4.69) is 21.8 Å². The van der Waals surface area contributed by atoms with E-state index in [0.717, 1.165) is 16.3 Å². The highest BCUT2D eigenvalue weighted by molar-refractivity contribution is 7.84. The van der Waals surface area contributed by atoms with Gasteiger partial charge in [-0.15, -0.1) is 0 Å². The number of hydrogen-bond donors (Lipinski definition) is 1. The first-order chi connectivity index (χ1) is 8.89. The summed E-state index contributed by atoms with van der Waals surface area (Å²) < 4.78 is 15.1. The summed E-state index contributed by atoms with van der Waals surface area (Å²) in [6, 6.07) is 8.16. The molecule has 102 valence electrons. The number of aromatic nitrogens is 1. The molecule has 0 aliphatic heterocycles. The van der Waals surface area contributed by atoms with E-state index in [-0.39, 0.29) is 10.8 Å². The van der Waals surface area contributed by atoms with Gasteiger partial charge in [-0.1, -0.05) is 18.2 Å². The number of rotatable bonds is 3. The van der Waals surface area contributed by atoms with Crippen molar-refractivity contribution in [2.24, 2.45) is 0 Å². The lowest BCUT2D eigenvalue weighted by atomic mass is 10.0. The average molecular weight is 276 g/mol. The fraction of sp³-hybridized carbons (Fsp3) is 0.400. The lowest BCUT2D eigenvalue weighted by Gasteiger charge is -2.22. The number of nitrogens with zero attached hydrogens (tertiary/aromatic N) is 1. The Bertz CT molecular complexity index is 599. The van der Waals surface area contributed by atoms with Crippen molar-refractivity contribution < 1.29 is 4.21 Å². The molecule has 1 unspecified atom stereocenters. The Morgan fingerprint density at radius 1 is 1.26 bits per heavy atom. The summed E-state index contributed by atoms with van der Waals surface area (Å²) in [5, 5.41) is 2.26. The molecule has 2 atom stereocenters. The van der Waals surface area contributed by atoms with Gasteiger partial charge in [0.15, 0.2) is 0 Å². The third-order valence-corrected chi connectivity index (χ3v) is 4.70. The third-order valence-electron chi connectivity index (χ3n) is 3.02. The summed E-state index contributed by atoms with van der Waals surface area (Å²) in [6.07, 6.45) is 3.65. The molecular weight excluding hydrogens is 256 g/mol. The van der Waals surface area contributed by atoms with Crippen molar-refractivity contribution in [2.75, 3.05) is 0 Å². The normalized spacial score (nSPS) is 15.4. The minimum Gasteiger partial charge on any atom is -0.264 e. The first kappa shape index (κ1) is 14.2. The van der Waals surface area contributed by atoms with Gasteiger partial charge in [-0.2, -0.15) is 0 Å². The van der Waals surface area contributed by atoms with Gasteiger partial charge in [-0.05, 0) is 44.7 Å². The average Bonchev–Trinajstić information content (AvgIpc) is 2.36. The van der Waals surface area contributed by atoms with Gasteiger partial charge in [0, 0.05) is 23.8 Å². The molecule has 19 heavy (non-hydrogen) atoms. The third kappa shape index (κ3) is 3.19. The molecular formula is C15H20N2OS. The molecule has 0 aliphatic carbocycles. The standard InChI is InChI=1S/C15H20N2OS/c1-11(17-19(18)15(2,3)4)13-7-5-6-12-8-9-16-10-14(12)13/h5-11,17H,1-4H3/t11-,19?/m1/s1. The summed E-state index contributed by atoms with van der Waals surface area (Å²) in [5.41, 5.74) is 1.13. The quantitative estimate of drug-likeness (QED) is 0.934. The summed E-state index contributed by atoms with van der Waals surface area (Å²) in [4.78, 5) is 4.18. The van der Waals surface area contributed by atoms with E-state index in [0.29, 0.717) is 0 Å². The molecule has 2 aromatic rings. The zero-order valence-electron chi connectivity index (χ0n) is 11.8. The zero-order valence-corrected chi connectivity index (χ0v) is 12.6. The van der Waals surface area contributed by atoms with Gasteiger partial charge >= 0.3 is 0 Å². The van der Waals surface area contributed by atoms with Crippen molar-refractivity contribution in [3.05, 3.63) is 42.2 Å². The molecule has 1 aromatic carbocycles. The van der Waals surface area contributed by atoms with E-state index in [4.69, 9.17) is 0 Å². The number of benzene rings is 1.